The van der Waals surface area contributed by atoms with Crippen molar-refractivity contribution in [3.05, 3.63) is 59.7 Å². The van der Waals surface area contributed by atoms with Gasteiger partial charge in [-0.25, -0.2) is 9.59 Å². The number of ether oxygens (including phenoxy) is 1. The maximum Gasteiger partial charge on any atom is 0.407 e. The molecule has 1 aliphatic carbocycles. The Hall–Kier alpha value is -3.79. The van der Waals surface area contributed by atoms with Crippen molar-refractivity contribution in [3.8, 4) is 23.0 Å². The van der Waals surface area contributed by atoms with E-state index in [4.69, 9.17) is 4.74 Å². The quantitative estimate of drug-likeness (QED) is 0.617. The van der Waals surface area contributed by atoms with Crippen molar-refractivity contribution in [2.45, 2.75) is 51.6 Å². The Balaban J connectivity index is 1.47. The van der Waals surface area contributed by atoms with Gasteiger partial charge < -0.3 is 20.1 Å². The highest BCUT2D eigenvalue weighted by atomic mass is 16.5. The van der Waals surface area contributed by atoms with Crippen molar-refractivity contribution in [1.82, 2.24) is 10.2 Å². The van der Waals surface area contributed by atoms with Gasteiger partial charge in [-0.1, -0.05) is 62.4 Å². The van der Waals surface area contributed by atoms with Gasteiger partial charge in [-0.2, -0.15) is 0 Å². The minimum Gasteiger partial charge on any atom is -0.480 e. The summed E-state index contributed by atoms with van der Waals surface area (Å²) in [7, 11) is 0. The van der Waals surface area contributed by atoms with E-state index in [1.54, 1.807) is 6.92 Å². The largest absolute Gasteiger partial charge is 0.480 e. The van der Waals surface area contributed by atoms with E-state index < -0.39 is 35.5 Å². The van der Waals surface area contributed by atoms with Gasteiger partial charge in [0.15, 0.2) is 0 Å². The Morgan fingerprint density at radius 1 is 1.11 bits per heavy atom. The molecule has 2 aromatic carbocycles. The first kappa shape index (κ1) is 24.3. The summed E-state index contributed by atoms with van der Waals surface area (Å²) in [6.45, 7) is 5.74. The molecule has 1 heterocycles. The smallest absolute Gasteiger partial charge is 0.407 e. The summed E-state index contributed by atoms with van der Waals surface area (Å²) in [5.41, 5.74) is 3.87. The van der Waals surface area contributed by atoms with E-state index >= 15 is 0 Å². The maximum atomic E-state index is 13.3. The number of hydrogen-bond acceptors (Lipinski definition) is 4. The molecule has 1 aliphatic heterocycles. The van der Waals surface area contributed by atoms with Crippen molar-refractivity contribution in [3.63, 3.8) is 0 Å². The molecular weight excluding hydrogens is 444 g/mol. The lowest BCUT2D eigenvalue weighted by molar-refractivity contribution is -0.151. The second-order valence-corrected chi connectivity index (χ2v) is 9.66. The van der Waals surface area contributed by atoms with Crippen LogP contribution in [0.4, 0.5) is 4.79 Å². The SMILES string of the molecule is CC#CCC(NC(=O)OCC1c2ccccc2-c2ccccc21)C(=O)N1CCC(C)(C)C1C(=O)O. The fraction of sp³-hybridized carbons (Fsp3) is 0.393. The van der Waals surface area contributed by atoms with Crippen molar-refractivity contribution < 1.29 is 24.2 Å². The van der Waals surface area contributed by atoms with Crippen LogP contribution in [0.25, 0.3) is 11.1 Å². The van der Waals surface area contributed by atoms with Crippen LogP contribution in [0.2, 0.25) is 0 Å². The monoisotopic (exact) mass is 474 g/mol. The normalized spacial score (nSPS) is 18.6. The number of nitrogens with zero attached hydrogens (tertiary/aromatic N) is 1. The zero-order valence-electron chi connectivity index (χ0n) is 20.2. The average Bonchev–Trinajstić information content (AvgIpc) is 3.33. The average molecular weight is 475 g/mol. The number of carbonyl (C=O) groups is 3. The number of nitrogens with one attached hydrogen (secondary N) is 1. The molecule has 2 N–H and O–H groups in total. The van der Waals surface area contributed by atoms with E-state index in [0.29, 0.717) is 13.0 Å². The lowest BCUT2D eigenvalue weighted by Crippen LogP contribution is -2.53. The zero-order valence-corrected chi connectivity index (χ0v) is 20.2. The lowest BCUT2D eigenvalue weighted by Gasteiger charge is -2.31. The minimum atomic E-state index is -1.05. The van der Waals surface area contributed by atoms with Crippen molar-refractivity contribution in [1.29, 1.82) is 0 Å². The summed E-state index contributed by atoms with van der Waals surface area (Å²) >= 11 is 0. The topological polar surface area (TPSA) is 95.9 Å². The van der Waals surface area contributed by atoms with Crippen LogP contribution >= 0.6 is 0 Å². The number of benzene rings is 2. The Kier molecular flexibility index (Phi) is 6.83. The van der Waals surface area contributed by atoms with Crippen LogP contribution < -0.4 is 5.32 Å². The highest BCUT2D eigenvalue weighted by Crippen LogP contribution is 2.44. The molecule has 0 bridgehead atoms. The molecule has 2 unspecified atom stereocenters. The molecule has 0 radical (unpaired) electrons. The first-order valence-electron chi connectivity index (χ1n) is 11.8. The molecular formula is C28H30N2O5. The van der Waals surface area contributed by atoms with Gasteiger partial charge in [0.05, 0.1) is 0 Å². The van der Waals surface area contributed by atoms with E-state index in [1.807, 2.05) is 50.2 Å². The third-order valence-corrected chi connectivity index (χ3v) is 6.98. The number of amides is 2. The summed E-state index contributed by atoms with van der Waals surface area (Å²) in [6, 6.07) is 14.1. The van der Waals surface area contributed by atoms with Crippen molar-refractivity contribution in [2.24, 2.45) is 5.41 Å². The van der Waals surface area contributed by atoms with E-state index in [1.165, 1.54) is 4.90 Å². The molecule has 1 fully saturated rings. The second kappa shape index (κ2) is 9.83. The molecule has 35 heavy (non-hydrogen) atoms. The van der Waals surface area contributed by atoms with Crippen LogP contribution in [0, 0.1) is 17.3 Å². The Morgan fingerprint density at radius 2 is 1.71 bits per heavy atom. The second-order valence-electron chi connectivity index (χ2n) is 9.66. The highest BCUT2D eigenvalue weighted by Gasteiger charge is 2.48. The molecule has 0 aromatic heterocycles. The number of aliphatic carboxylic acids is 1. The third kappa shape index (κ3) is 4.74. The predicted octanol–water partition coefficient (Wildman–Crippen LogP) is 4.02. The summed E-state index contributed by atoms with van der Waals surface area (Å²) in [6.07, 6.45) is -0.0937. The minimum absolute atomic E-state index is 0.0722. The summed E-state index contributed by atoms with van der Waals surface area (Å²) in [5.74, 6) is 3.95. The third-order valence-electron chi connectivity index (χ3n) is 6.98. The van der Waals surface area contributed by atoms with E-state index in [9.17, 15) is 19.5 Å². The number of alkyl carbamates (subject to hydrolysis) is 1. The van der Waals surface area contributed by atoms with Crippen LogP contribution in [-0.2, 0) is 14.3 Å². The van der Waals surface area contributed by atoms with Crippen LogP contribution in [-0.4, -0.2) is 53.2 Å². The number of hydrogen-bond donors (Lipinski definition) is 2. The molecule has 7 heteroatoms. The number of carboxylic acids is 1. The number of likely N-dealkylation sites (tertiary alicyclic amines) is 1. The van der Waals surface area contributed by atoms with Crippen LogP contribution in [0.1, 0.15) is 50.7 Å². The van der Waals surface area contributed by atoms with E-state index in [-0.39, 0.29) is 18.9 Å². The van der Waals surface area contributed by atoms with Gasteiger partial charge in [0, 0.05) is 18.9 Å². The molecule has 2 atom stereocenters. The standard InChI is InChI=1S/C28H30N2O5/c1-4-5-14-23(25(31)30-16-15-28(2,3)24(30)26(32)33)29-27(34)35-17-22-20-12-8-6-10-18(20)19-11-7-9-13-21(19)22/h6-13,22-24H,14-17H2,1-3H3,(H,29,34)(H,32,33). The molecule has 2 amide bonds. The molecule has 0 saturated carbocycles. The van der Waals surface area contributed by atoms with Gasteiger partial charge in [-0.15, -0.1) is 11.8 Å². The maximum absolute atomic E-state index is 13.3. The van der Waals surface area contributed by atoms with E-state index in [2.05, 4.69) is 29.3 Å². The summed E-state index contributed by atoms with van der Waals surface area (Å²) in [4.78, 5) is 39.3. The highest BCUT2D eigenvalue weighted by molar-refractivity contribution is 5.90. The fourth-order valence-electron chi connectivity index (χ4n) is 5.19. The molecule has 4 rings (SSSR count). The van der Waals surface area contributed by atoms with Gasteiger partial charge in [0.25, 0.3) is 0 Å². The lowest BCUT2D eigenvalue weighted by atomic mass is 9.85. The number of carbonyl (C=O) groups excluding carboxylic acids is 2. The van der Waals surface area contributed by atoms with Gasteiger partial charge >= 0.3 is 12.1 Å². The van der Waals surface area contributed by atoms with Gasteiger partial charge in [0.2, 0.25) is 5.91 Å². The fourth-order valence-corrected chi connectivity index (χ4v) is 5.19. The van der Waals surface area contributed by atoms with Crippen molar-refractivity contribution in [2.75, 3.05) is 13.2 Å². The first-order valence-corrected chi connectivity index (χ1v) is 11.8. The predicted molar refractivity (Wildman–Crippen MR) is 132 cm³/mol. The van der Waals surface area contributed by atoms with Crippen LogP contribution in [0.5, 0.6) is 0 Å². The van der Waals surface area contributed by atoms with Crippen molar-refractivity contribution >= 4 is 18.0 Å². The summed E-state index contributed by atoms with van der Waals surface area (Å²) < 4.78 is 5.59. The van der Waals surface area contributed by atoms with E-state index in [0.717, 1.165) is 22.3 Å². The Labute approximate surface area is 205 Å². The van der Waals surface area contributed by atoms with Gasteiger partial charge in [-0.05, 0) is 41.0 Å². The Bertz CT molecular complexity index is 1160. The molecule has 182 valence electrons. The summed E-state index contributed by atoms with van der Waals surface area (Å²) in [5, 5.41) is 12.4. The first-order chi connectivity index (χ1) is 16.7. The molecule has 2 aliphatic rings. The Morgan fingerprint density at radius 3 is 2.29 bits per heavy atom. The number of carboxylic acid groups (broad SMARTS) is 1. The number of rotatable bonds is 6. The van der Waals surface area contributed by atoms with Crippen LogP contribution in [0.3, 0.4) is 0 Å². The van der Waals surface area contributed by atoms with Gasteiger partial charge in [-0.3, -0.25) is 4.79 Å². The molecule has 1 saturated heterocycles. The number of fused-ring (bicyclic) bond motifs is 3. The van der Waals surface area contributed by atoms with Crippen LogP contribution in [0.15, 0.2) is 48.5 Å². The molecule has 0 spiro atoms. The zero-order chi connectivity index (χ0) is 25.2. The molecule has 2 aromatic rings. The molecule has 7 nitrogen and oxygen atoms in total. The van der Waals surface area contributed by atoms with Gasteiger partial charge in [0.1, 0.15) is 18.7 Å².